The lowest BCUT2D eigenvalue weighted by Gasteiger charge is -2.06. The molecule has 0 aliphatic carbocycles. The number of aromatic nitrogens is 2. The van der Waals surface area contributed by atoms with Gasteiger partial charge in [-0.1, -0.05) is 30.7 Å². The molecule has 3 nitrogen and oxygen atoms in total. The van der Waals surface area contributed by atoms with Crippen molar-refractivity contribution in [3.05, 3.63) is 52.1 Å². The molecule has 2 rings (SSSR count). The standard InChI is InChI=1S/C15H16ClFN2O/c1-3-11-9-13(19(4-2)18-11)14(20)8-10-6-5-7-12(17)15(10)16/h5-7,9H,3-4,8H2,1-2H3. The van der Waals surface area contributed by atoms with Gasteiger partial charge < -0.3 is 0 Å². The Bertz CT molecular complexity index is 637. The number of halogens is 2. The minimum Gasteiger partial charge on any atom is -0.292 e. The van der Waals surface area contributed by atoms with Gasteiger partial charge in [0.15, 0.2) is 5.78 Å². The molecule has 1 aromatic heterocycles. The van der Waals surface area contributed by atoms with E-state index in [1.165, 1.54) is 6.07 Å². The third-order valence-corrected chi connectivity index (χ3v) is 3.58. The van der Waals surface area contributed by atoms with Crippen molar-refractivity contribution in [3.8, 4) is 0 Å². The van der Waals surface area contributed by atoms with Crippen molar-refractivity contribution < 1.29 is 9.18 Å². The molecule has 0 N–H and O–H groups in total. The summed E-state index contributed by atoms with van der Waals surface area (Å²) in [5.74, 6) is -0.609. The maximum Gasteiger partial charge on any atom is 0.185 e. The van der Waals surface area contributed by atoms with Gasteiger partial charge in [-0.05, 0) is 31.0 Å². The molecule has 0 atom stereocenters. The van der Waals surface area contributed by atoms with Gasteiger partial charge in [0.1, 0.15) is 11.5 Å². The zero-order chi connectivity index (χ0) is 14.7. The molecule has 0 saturated carbocycles. The van der Waals surface area contributed by atoms with E-state index < -0.39 is 5.82 Å². The Balaban J connectivity index is 2.28. The number of carbonyl (C=O) groups is 1. The van der Waals surface area contributed by atoms with Gasteiger partial charge in [-0.2, -0.15) is 5.10 Å². The first-order valence-corrected chi connectivity index (χ1v) is 6.97. The van der Waals surface area contributed by atoms with Crippen LogP contribution in [0.3, 0.4) is 0 Å². The number of carbonyl (C=O) groups excluding carboxylic acids is 1. The van der Waals surface area contributed by atoms with Gasteiger partial charge in [-0.15, -0.1) is 0 Å². The Labute approximate surface area is 122 Å². The van der Waals surface area contributed by atoms with Gasteiger partial charge in [0.2, 0.25) is 0 Å². The van der Waals surface area contributed by atoms with Crippen LogP contribution < -0.4 is 0 Å². The Kier molecular flexibility index (Phi) is 4.55. The smallest absolute Gasteiger partial charge is 0.185 e. The molecule has 0 radical (unpaired) electrons. The van der Waals surface area contributed by atoms with Crippen LogP contribution >= 0.6 is 11.6 Å². The van der Waals surface area contributed by atoms with Gasteiger partial charge in [0.05, 0.1) is 10.7 Å². The number of hydrogen-bond donors (Lipinski definition) is 0. The van der Waals surface area contributed by atoms with Crippen LogP contribution in [-0.2, 0) is 19.4 Å². The first-order chi connectivity index (χ1) is 9.56. The third-order valence-electron chi connectivity index (χ3n) is 3.16. The molecule has 0 bridgehead atoms. The molecule has 20 heavy (non-hydrogen) atoms. The van der Waals surface area contributed by atoms with Crippen LogP contribution in [0.1, 0.15) is 35.6 Å². The molecule has 0 aliphatic heterocycles. The van der Waals surface area contributed by atoms with Crippen LogP contribution in [-0.4, -0.2) is 15.6 Å². The van der Waals surface area contributed by atoms with Gasteiger partial charge in [0.25, 0.3) is 0 Å². The lowest BCUT2D eigenvalue weighted by atomic mass is 10.1. The molecule has 0 fully saturated rings. The van der Waals surface area contributed by atoms with Crippen LogP contribution in [0.5, 0.6) is 0 Å². The summed E-state index contributed by atoms with van der Waals surface area (Å²) < 4.78 is 15.1. The van der Waals surface area contributed by atoms with Crippen molar-refractivity contribution in [2.24, 2.45) is 0 Å². The van der Waals surface area contributed by atoms with Crippen molar-refractivity contribution in [3.63, 3.8) is 0 Å². The second-order valence-electron chi connectivity index (χ2n) is 4.50. The maximum absolute atomic E-state index is 13.4. The number of benzene rings is 1. The highest BCUT2D eigenvalue weighted by molar-refractivity contribution is 6.31. The number of rotatable bonds is 5. The summed E-state index contributed by atoms with van der Waals surface area (Å²) in [4.78, 5) is 12.3. The molecule has 0 unspecified atom stereocenters. The topological polar surface area (TPSA) is 34.9 Å². The molecule has 106 valence electrons. The average Bonchev–Trinajstić information content (AvgIpc) is 2.87. The fourth-order valence-electron chi connectivity index (χ4n) is 2.06. The fourth-order valence-corrected chi connectivity index (χ4v) is 2.25. The van der Waals surface area contributed by atoms with E-state index in [-0.39, 0.29) is 17.2 Å². The van der Waals surface area contributed by atoms with Crippen molar-refractivity contribution in [1.29, 1.82) is 0 Å². The van der Waals surface area contributed by atoms with Crippen molar-refractivity contribution in [2.45, 2.75) is 33.2 Å². The zero-order valence-electron chi connectivity index (χ0n) is 11.5. The predicted octanol–water partition coefficient (Wildman–Crippen LogP) is 3.68. The quantitative estimate of drug-likeness (QED) is 0.788. The summed E-state index contributed by atoms with van der Waals surface area (Å²) in [7, 11) is 0. The highest BCUT2D eigenvalue weighted by Gasteiger charge is 2.16. The van der Waals surface area contributed by atoms with Crippen LogP contribution in [0.25, 0.3) is 0 Å². The number of aryl methyl sites for hydroxylation is 2. The van der Waals surface area contributed by atoms with E-state index in [4.69, 9.17) is 11.6 Å². The number of hydrogen-bond acceptors (Lipinski definition) is 2. The minimum atomic E-state index is -0.504. The van der Waals surface area contributed by atoms with Crippen LogP contribution in [0.15, 0.2) is 24.3 Å². The maximum atomic E-state index is 13.4. The van der Waals surface area contributed by atoms with Crippen LogP contribution in [0, 0.1) is 5.82 Å². The molecule has 0 amide bonds. The molecule has 1 aromatic carbocycles. The monoisotopic (exact) mass is 294 g/mol. The normalized spacial score (nSPS) is 10.8. The van der Waals surface area contributed by atoms with Crippen LogP contribution in [0.4, 0.5) is 4.39 Å². The summed E-state index contributed by atoms with van der Waals surface area (Å²) in [6.45, 7) is 4.54. The minimum absolute atomic E-state index is 0.0131. The Morgan fingerprint density at radius 3 is 2.80 bits per heavy atom. The summed E-state index contributed by atoms with van der Waals surface area (Å²) in [6, 6.07) is 6.29. The van der Waals surface area contributed by atoms with Crippen molar-refractivity contribution in [1.82, 2.24) is 9.78 Å². The van der Waals surface area contributed by atoms with Gasteiger partial charge in [0, 0.05) is 13.0 Å². The largest absolute Gasteiger partial charge is 0.292 e. The number of Topliss-reactive ketones (excluding diaryl/α,β-unsaturated/α-hetero) is 1. The average molecular weight is 295 g/mol. The van der Waals surface area contributed by atoms with Crippen molar-refractivity contribution in [2.75, 3.05) is 0 Å². The van der Waals surface area contributed by atoms with Gasteiger partial charge in [-0.25, -0.2) is 4.39 Å². The van der Waals surface area contributed by atoms with Gasteiger partial charge >= 0.3 is 0 Å². The van der Waals surface area contributed by atoms with E-state index in [0.717, 1.165) is 12.1 Å². The highest BCUT2D eigenvalue weighted by atomic mass is 35.5. The zero-order valence-corrected chi connectivity index (χ0v) is 12.2. The summed E-state index contributed by atoms with van der Waals surface area (Å²) in [5, 5.41) is 4.35. The van der Waals surface area contributed by atoms with E-state index in [1.807, 2.05) is 13.8 Å². The van der Waals surface area contributed by atoms with E-state index in [2.05, 4.69) is 5.10 Å². The molecule has 0 spiro atoms. The number of ketones is 1. The second kappa shape index (κ2) is 6.18. The van der Waals surface area contributed by atoms with E-state index >= 15 is 0 Å². The summed E-state index contributed by atoms with van der Waals surface area (Å²) >= 11 is 5.88. The van der Waals surface area contributed by atoms with E-state index in [1.54, 1.807) is 22.9 Å². The van der Waals surface area contributed by atoms with E-state index in [9.17, 15) is 9.18 Å². The van der Waals surface area contributed by atoms with E-state index in [0.29, 0.717) is 17.8 Å². The first kappa shape index (κ1) is 14.7. The van der Waals surface area contributed by atoms with Crippen molar-refractivity contribution >= 4 is 17.4 Å². The van der Waals surface area contributed by atoms with Gasteiger partial charge in [-0.3, -0.25) is 9.48 Å². The Hall–Kier alpha value is -1.68. The van der Waals surface area contributed by atoms with Crippen LogP contribution in [0.2, 0.25) is 5.02 Å². The highest BCUT2D eigenvalue weighted by Crippen LogP contribution is 2.21. The summed E-state index contributed by atoms with van der Waals surface area (Å²) in [5.41, 5.74) is 1.92. The number of nitrogens with zero attached hydrogens (tertiary/aromatic N) is 2. The first-order valence-electron chi connectivity index (χ1n) is 6.59. The summed E-state index contributed by atoms with van der Waals surface area (Å²) in [6.07, 6.45) is 0.847. The Morgan fingerprint density at radius 1 is 1.40 bits per heavy atom. The molecule has 1 heterocycles. The molecular weight excluding hydrogens is 279 g/mol. The second-order valence-corrected chi connectivity index (χ2v) is 4.88. The Morgan fingerprint density at radius 2 is 2.15 bits per heavy atom. The molecular formula is C15H16ClFN2O. The fraction of sp³-hybridized carbons (Fsp3) is 0.333. The SMILES string of the molecule is CCc1cc(C(=O)Cc2cccc(F)c2Cl)n(CC)n1. The molecule has 0 aliphatic rings. The molecule has 0 saturated heterocycles. The molecule has 2 aromatic rings. The third kappa shape index (κ3) is 2.90. The predicted molar refractivity (Wildman–Crippen MR) is 76.7 cm³/mol. The lowest BCUT2D eigenvalue weighted by Crippen LogP contribution is -2.12. The molecule has 5 heteroatoms. The lowest BCUT2D eigenvalue weighted by molar-refractivity contribution is 0.0982.